The van der Waals surface area contributed by atoms with Gasteiger partial charge in [0.15, 0.2) is 0 Å². The molecule has 0 spiro atoms. The lowest BCUT2D eigenvalue weighted by atomic mass is 10.0. The van der Waals surface area contributed by atoms with Crippen molar-refractivity contribution in [1.82, 2.24) is 5.32 Å². The summed E-state index contributed by atoms with van der Waals surface area (Å²) in [5.74, 6) is 0. The van der Waals surface area contributed by atoms with Crippen LogP contribution in [0.3, 0.4) is 0 Å². The molecule has 0 aliphatic carbocycles. The molecular weight excluding hydrogens is 265 g/mol. The Morgan fingerprint density at radius 2 is 1.88 bits per heavy atom. The van der Waals surface area contributed by atoms with Gasteiger partial charge in [-0.05, 0) is 12.0 Å². The number of amides is 1. The Morgan fingerprint density at radius 3 is 2.35 bits per heavy atom. The Bertz CT molecular complexity index is 359. The minimum Gasteiger partial charge on any atom is -0.465 e. The van der Waals surface area contributed by atoms with Gasteiger partial charge in [0.2, 0.25) is 0 Å². The molecule has 0 aromatic heterocycles. The summed E-state index contributed by atoms with van der Waals surface area (Å²) < 4.78 is 0. The van der Waals surface area contributed by atoms with Gasteiger partial charge in [-0.25, -0.2) is 4.79 Å². The first-order valence-electron chi connectivity index (χ1n) is 5.00. The lowest BCUT2D eigenvalue weighted by molar-refractivity contribution is 0.129. The normalized spacial score (nSPS) is 14.4. The molecule has 4 nitrogen and oxygen atoms in total. The predicted octanol–water partition coefficient (Wildman–Crippen LogP) is 2.03. The fraction of sp³-hybridized carbons (Fsp3) is 0.364. The van der Waals surface area contributed by atoms with E-state index < -0.39 is 23.1 Å². The summed E-state index contributed by atoms with van der Waals surface area (Å²) in [4.78, 5) is 9.57. The van der Waals surface area contributed by atoms with Gasteiger partial charge in [-0.3, -0.25) is 0 Å². The second-order valence-corrected chi connectivity index (χ2v) is 4.73. The maximum Gasteiger partial charge on any atom is 0.404 e. The van der Waals surface area contributed by atoms with Gasteiger partial charge < -0.3 is 15.5 Å². The van der Waals surface area contributed by atoms with E-state index in [9.17, 15) is 9.90 Å². The fourth-order valence-electron chi connectivity index (χ4n) is 1.46. The number of nitrogens with one attached hydrogen (secondary N) is 1. The Kier molecular flexibility index (Phi) is 5.55. The maximum atomic E-state index is 10.6. The average molecular weight is 278 g/mol. The van der Waals surface area contributed by atoms with E-state index in [1.165, 1.54) is 0 Å². The van der Waals surface area contributed by atoms with E-state index in [4.69, 9.17) is 28.3 Å². The van der Waals surface area contributed by atoms with Crippen LogP contribution in [-0.2, 0) is 6.42 Å². The van der Waals surface area contributed by atoms with Crippen LogP contribution in [0.2, 0.25) is 0 Å². The van der Waals surface area contributed by atoms with Crippen molar-refractivity contribution >= 4 is 29.3 Å². The smallest absolute Gasteiger partial charge is 0.404 e. The number of hydrogen-bond donors (Lipinski definition) is 3. The molecule has 0 aliphatic rings. The minimum atomic E-state index is -1.22. The van der Waals surface area contributed by atoms with Crippen LogP contribution >= 0.6 is 23.2 Å². The summed E-state index contributed by atoms with van der Waals surface area (Å²) in [6, 6.07) is 8.44. The number of aliphatic hydroxyl groups is 1. The van der Waals surface area contributed by atoms with Crippen LogP contribution in [0, 0.1) is 0 Å². The zero-order valence-electron chi connectivity index (χ0n) is 8.88. The summed E-state index contributed by atoms with van der Waals surface area (Å²) in [7, 11) is 0. The third-order valence-electron chi connectivity index (χ3n) is 2.28. The van der Waals surface area contributed by atoms with Crippen LogP contribution in [0.15, 0.2) is 30.3 Å². The zero-order chi connectivity index (χ0) is 12.8. The van der Waals surface area contributed by atoms with Crippen molar-refractivity contribution < 1.29 is 15.0 Å². The van der Waals surface area contributed by atoms with Crippen molar-refractivity contribution in [3.63, 3.8) is 0 Å². The highest BCUT2D eigenvalue weighted by Gasteiger charge is 2.26. The van der Waals surface area contributed by atoms with Crippen LogP contribution in [-0.4, -0.2) is 33.3 Å². The first-order chi connectivity index (χ1) is 8.00. The van der Waals surface area contributed by atoms with Crippen molar-refractivity contribution in [2.24, 2.45) is 0 Å². The monoisotopic (exact) mass is 277 g/mol. The number of benzene rings is 1. The molecule has 94 valence electrons. The van der Waals surface area contributed by atoms with E-state index in [-0.39, 0.29) is 0 Å². The lowest BCUT2D eigenvalue weighted by Gasteiger charge is -2.23. The van der Waals surface area contributed by atoms with Crippen molar-refractivity contribution in [2.75, 3.05) is 0 Å². The predicted molar refractivity (Wildman–Crippen MR) is 66.6 cm³/mol. The number of halogens is 2. The molecule has 0 radical (unpaired) electrons. The Balaban J connectivity index is 2.73. The van der Waals surface area contributed by atoms with Crippen molar-refractivity contribution in [3.05, 3.63) is 35.9 Å². The maximum absolute atomic E-state index is 10.6. The standard InChI is InChI=1S/C11H13Cl2NO3/c12-10(13)9(15)8(14-11(16)17)6-7-4-2-1-3-5-7/h1-5,8-10,14-15H,6H2,(H,16,17)/t8-,9+/m0/s1. The molecule has 0 saturated heterocycles. The number of carboxylic acid groups (broad SMARTS) is 1. The number of aliphatic hydroxyl groups excluding tert-OH is 1. The molecule has 6 heteroatoms. The summed E-state index contributed by atoms with van der Waals surface area (Å²) in [5.41, 5.74) is 0.888. The average Bonchev–Trinajstić information content (AvgIpc) is 2.28. The largest absolute Gasteiger partial charge is 0.465 e. The number of carbonyl (C=O) groups is 1. The van der Waals surface area contributed by atoms with E-state index in [0.29, 0.717) is 6.42 Å². The van der Waals surface area contributed by atoms with Crippen molar-refractivity contribution in [1.29, 1.82) is 0 Å². The van der Waals surface area contributed by atoms with Gasteiger partial charge >= 0.3 is 6.09 Å². The van der Waals surface area contributed by atoms with E-state index in [1.807, 2.05) is 30.3 Å². The first kappa shape index (κ1) is 14.1. The second-order valence-electron chi connectivity index (χ2n) is 3.57. The summed E-state index contributed by atoms with van der Waals surface area (Å²) in [6.07, 6.45) is -2.06. The van der Waals surface area contributed by atoms with E-state index >= 15 is 0 Å². The molecule has 0 unspecified atom stereocenters. The molecule has 2 atom stereocenters. The second kappa shape index (κ2) is 6.69. The lowest BCUT2D eigenvalue weighted by Crippen LogP contribution is -2.46. The number of rotatable bonds is 5. The Labute approximate surface area is 109 Å². The molecule has 1 aromatic rings. The minimum absolute atomic E-state index is 0.324. The van der Waals surface area contributed by atoms with E-state index in [0.717, 1.165) is 5.56 Å². The van der Waals surface area contributed by atoms with Crippen LogP contribution in [0.1, 0.15) is 5.56 Å². The fourth-order valence-corrected chi connectivity index (χ4v) is 1.81. The van der Waals surface area contributed by atoms with Gasteiger partial charge in [-0.15, -0.1) is 23.2 Å². The molecule has 17 heavy (non-hydrogen) atoms. The number of hydrogen-bond acceptors (Lipinski definition) is 2. The molecule has 3 N–H and O–H groups in total. The highest BCUT2D eigenvalue weighted by atomic mass is 35.5. The Morgan fingerprint density at radius 1 is 1.29 bits per heavy atom. The molecule has 0 fully saturated rings. The van der Waals surface area contributed by atoms with Gasteiger partial charge in [0.1, 0.15) is 10.9 Å². The van der Waals surface area contributed by atoms with Crippen LogP contribution in [0.5, 0.6) is 0 Å². The Hall–Kier alpha value is -0.970. The molecule has 0 aliphatic heterocycles. The summed E-state index contributed by atoms with van der Waals surface area (Å²) in [6.45, 7) is 0. The van der Waals surface area contributed by atoms with Gasteiger partial charge in [0.05, 0.1) is 6.04 Å². The van der Waals surface area contributed by atoms with Gasteiger partial charge in [0.25, 0.3) is 0 Å². The van der Waals surface area contributed by atoms with Crippen molar-refractivity contribution in [2.45, 2.75) is 23.4 Å². The van der Waals surface area contributed by atoms with Gasteiger partial charge in [-0.2, -0.15) is 0 Å². The third-order valence-corrected chi connectivity index (χ3v) is 2.79. The quantitative estimate of drug-likeness (QED) is 0.722. The van der Waals surface area contributed by atoms with Crippen molar-refractivity contribution in [3.8, 4) is 0 Å². The highest BCUT2D eigenvalue weighted by molar-refractivity contribution is 6.44. The van der Waals surface area contributed by atoms with Gasteiger partial charge in [0, 0.05) is 0 Å². The van der Waals surface area contributed by atoms with Crippen LogP contribution < -0.4 is 5.32 Å². The van der Waals surface area contributed by atoms with E-state index in [2.05, 4.69) is 5.32 Å². The van der Waals surface area contributed by atoms with Crippen LogP contribution in [0.4, 0.5) is 4.79 Å². The molecule has 0 saturated carbocycles. The number of alkyl halides is 2. The summed E-state index contributed by atoms with van der Waals surface area (Å²) in [5, 5.41) is 20.6. The van der Waals surface area contributed by atoms with Gasteiger partial charge in [-0.1, -0.05) is 30.3 Å². The zero-order valence-corrected chi connectivity index (χ0v) is 10.4. The first-order valence-corrected chi connectivity index (χ1v) is 5.87. The molecule has 0 heterocycles. The SMILES string of the molecule is O=C(O)N[C@@H](Cc1ccccc1)[C@@H](O)C(Cl)Cl. The molecular formula is C11H13Cl2NO3. The molecule has 1 aromatic carbocycles. The third kappa shape index (κ3) is 4.81. The highest BCUT2D eigenvalue weighted by Crippen LogP contribution is 2.15. The summed E-state index contributed by atoms with van der Waals surface area (Å²) >= 11 is 11.1. The van der Waals surface area contributed by atoms with Crippen LogP contribution in [0.25, 0.3) is 0 Å². The molecule has 1 amide bonds. The molecule has 0 bridgehead atoms. The van der Waals surface area contributed by atoms with E-state index in [1.54, 1.807) is 0 Å². The molecule has 1 rings (SSSR count). The topological polar surface area (TPSA) is 69.6 Å².